The van der Waals surface area contributed by atoms with E-state index < -0.39 is 0 Å². The van der Waals surface area contributed by atoms with Gasteiger partial charge in [-0.05, 0) is 20.8 Å². The first kappa shape index (κ1) is 14.9. The summed E-state index contributed by atoms with van der Waals surface area (Å²) in [6.07, 6.45) is -0.122. The minimum atomic E-state index is -0.293. The van der Waals surface area contributed by atoms with Crippen LogP contribution in [-0.2, 0) is 14.3 Å². The molecular formula is C12H23N3O3. The Labute approximate surface area is 108 Å². The molecule has 6 nitrogen and oxygen atoms in total. The summed E-state index contributed by atoms with van der Waals surface area (Å²) < 4.78 is 5.11. The average molecular weight is 257 g/mol. The van der Waals surface area contributed by atoms with Crippen molar-refractivity contribution in [2.45, 2.75) is 32.9 Å². The molecule has 1 unspecified atom stereocenters. The summed E-state index contributed by atoms with van der Waals surface area (Å²) in [4.78, 5) is 25.4. The summed E-state index contributed by atoms with van der Waals surface area (Å²) in [6.45, 7) is 8.31. The van der Waals surface area contributed by atoms with E-state index in [2.05, 4.69) is 10.6 Å². The van der Waals surface area contributed by atoms with Crippen LogP contribution < -0.4 is 10.6 Å². The third-order valence-corrected chi connectivity index (χ3v) is 2.71. The molecule has 0 aromatic heterocycles. The lowest BCUT2D eigenvalue weighted by atomic mass is 10.1. The van der Waals surface area contributed by atoms with Crippen LogP contribution in [0.1, 0.15) is 20.8 Å². The van der Waals surface area contributed by atoms with Crippen LogP contribution in [0.25, 0.3) is 0 Å². The number of carbonyl (C=O) groups excluding carboxylic acids is 2. The number of carbonyl (C=O) groups is 2. The number of nitrogens with zero attached hydrogens (tertiary/aromatic N) is 1. The van der Waals surface area contributed by atoms with Crippen molar-refractivity contribution in [3.8, 4) is 0 Å². The molecular weight excluding hydrogens is 234 g/mol. The molecule has 1 amide bonds. The normalized spacial score (nSPS) is 20.8. The number of likely N-dealkylation sites (N-methyl/N-ethyl adjacent to an activating group) is 1. The maximum Gasteiger partial charge on any atom is 0.320 e. The lowest BCUT2D eigenvalue weighted by Crippen LogP contribution is -2.59. The Kier molecular flexibility index (Phi) is 6.07. The minimum Gasteiger partial charge on any atom is -0.462 e. The molecule has 1 aliphatic rings. The predicted octanol–water partition coefficient (Wildman–Crippen LogP) is -0.652. The summed E-state index contributed by atoms with van der Waals surface area (Å²) in [6, 6.07) is -0.293. The topological polar surface area (TPSA) is 70.7 Å². The Hall–Kier alpha value is -1.14. The van der Waals surface area contributed by atoms with Gasteiger partial charge >= 0.3 is 5.97 Å². The second-order valence-electron chi connectivity index (χ2n) is 4.62. The van der Waals surface area contributed by atoms with Gasteiger partial charge in [0.1, 0.15) is 6.04 Å². The van der Waals surface area contributed by atoms with Crippen LogP contribution in [0.15, 0.2) is 0 Å². The Morgan fingerprint density at radius 3 is 2.83 bits per heavy atom. The maximum absolute atomic E-state index is 11.9. The SMILES string of the molecule is CCNC(=O)C1CNCCN1CC(=O)OC(C)C. The van der Waals surface area contributed by atoms with E-state index >= 15 is 0 Å². The lowest BCUT2D eigenvalue weighted by molar-refractivity contribution is -0.150. The molecule has 1 saturated heterocycles. The first-order valence-corrected chi connectivity index (χ1v) is 6.46. The number of hydrogen-bond donors (Lipinski definition) is 2. The molecule has 0 spiro atoms. The van der Waals surface area contributed by atoms with Crippen molar-refractivity contribution >= 4 is 11.9 Å². The first-order valence-electron chi connectivity index (χ1n) is 6.46. The number of hydrogen-bond acceptors (Lipinski definition) is 5. The summed E-state index contributed by atoms with van der Waals surface area (Å²) in [7, 11) is 0. The highest BCUT2D eigenvalue weighted by atomic mass is 16.5. The van der Waals surface area contributed by atoms with E-state index in [1.807, 2.05) is 25.7 Å². The number of esters is 1. The van der Waals surface area contributed by atoms with Gasteiger partial charge in [-0.2, -0.15) is 0 Å². The van der Waals surface area contributed by atoms with E-state index in [0.29, 0.717) is 19.6 Å². The van der Waals surface area contributed by atoms with E-state index in [0.717, 1.165) is 6.54 Å². The predicted molar refractivity (Wildman–Crippen MR) is 68.1 cm³/mol. The highest BCUT2D eigenvalue weighted by Gasteiger charge is 2.29. The van der Waals surface area contributed by atoms with Crippen LogP contribution in [0.2, 0.25) is 0 Å². The molecule has 18 heavy (non-hydrogen) atoms. The van der Waals surface area contributed by atoms with Gasteiger partial charge in [-0.25, -0.2) is 0 Å². The molecule has 0 aromatic carbocycles. The molecule has 0 aliphatic carbocycles. The summed E-state index contributed by atoms with van der Waals surface area (Å²) in [5.41, 5.74) is 0. The van der Waals surface area contributed by atoms with Crippen molar-refractivity contribution < 1.29 is 14.3 Å². The van der Waals surface area contributed by atoms with E-state index in [4.69, 9.17) is 4.74 Å². The zero-order valence-corrected chi connectivity index (χ0v) is 11.4. The molecule has 0 aromatic rings. The van der Waals surface area contributed by atoms with E-state index in [1.165, 1.54) is 0 Å². The Morgan fingerprint density at radius 1 is 1.50 bits per heavy atom. The second kappa shape index (κ2) is 7.33. The minimum absolute atomic E-state index is 0.0398. The van der Waals surface area contributed by atoms with Gasteiger partial charge in [0, 0.05) is 26.2 Å². The fourth-order valence-electron chi connectivity index (χ4n) is 1.95. The lowest BCUT2D eigenvalue weighted by Gasteiger charge is -2.34. The quantitative estimate of drug-likeness (QED) is 0.640. The van der Waals surface area contributed by atoms with Gasteiger partial charge in [0.25, 0.3) is 0 Å². The van der Waals surface area contributed by atoms with Crippen molar-refractivity contribution in [3.63, 3.8) is 0 Å². The van der Waals surface area contributed by atoms with Crippen molar-refractivity contribution in [1.29, 1.82) is 0 Å². The number of ether oxygens (including phenoxy) is 1. The van der Waals surface area contributed by atoms with Crippen LogP contribution in [0.4, 0.5) is 0 Å². The Bertz CT molecular complexity index is 294. The van der Waals surface area contributed by atoms with E-state index in [9.17, 15) is 9.59 Å². The number of amides is 1. The molecule has 6 heteroatoms. The molecule has 0 radical (unpaired) electrons. The number of nitrogens with one attached hydrogen (secondary N) is 2. The monoisotopic (exact) mass is 257 g/mol. The van der Waals surface area contributed by atoms with Crippen LogP contribution in [0, 0.1) is 0 Å². The van der Waals surface area contributed by atoms with Crippen molar-refractivity contribution in [2.75, 3.05) is 32.7 Å². The third-order valence-electron chi connectivity index (χ3n) is 2.71. The Morgan fingerprint density at radius 2 is 2.22 bits per heavy atom. The third kappa shape index (κ3) is 4.62. The van der Waals surface area contributed by atoms with E-state index in [-0.39, 0.29) is 30.6 Å². The molecule has 1 heterocycles. The molecule has 1 aliphatic heterocycles. The molecule has 0 bridgehead atoms. The van der Waals surface area contributed by atoms with Gasteiger partial charge in [-0.1, -0.05) is 0 Å². The summed E-state index contributed by atoms with van der Waals surface area (Å²) in [5.74, 6) is -0.316. The van der Waals surface area contributed by atoms with Crippen LogP contribution in [0.3, 0.4) is 0 Å². The molecule has 1 fully saturated rings. The summed E-state index contributed by atoms with van der Waals surface area (Å²) >= 11 is 0. The smallest absolute Gasteiger partial charge is 0.320 e. The number of rotatable bonds is 5. The zero-order valence-electron chi connectivity index (χ0n) is 11.4. The van der Waals surface area contributed by atoms with Crippen molar-refractivity contribution in [1.82, 2.24) is 15.5 Å². The van der Waals surface area contributed by atoms with Gasteiger partial charge in [0.15, 0.2) is 0 Å². The second-order valence-corrected chi connectivity index (χ2v) is 4.62. The van der Waals surface area contributed by atoms with Gasteiger partial charge in [0.2, 0.25) is 5.91 Å². The van der Waals surface area contributed by atoms with E-state index in [1.54, 1.807) is 0 Å². The van der Waals surface area contributed by atoms with Gasteiger partial charge in [-0.3, -0.25) is 14.5 Å². The van der Waals surface area contributed by atoms with Crippen LogP contribution in [-0.4, -0.2) is 61.6 Å². The van der Waals surface area contributed by atoms with Gasteiger partial charge < -0.3 is 15.4 Å². The molecule has 1 atom stereocenters. The first-order chi connectivity index (χ1) is 8.54. The molecule has 0 saturated carbocycles. The largest absolute Gasteiger partial charge is 0.462 e. The summed E-state index contributed by atoms with van der Waals surface area (Å²) in [5, 5.41) is 5.95. The molecule has 104 valence electrons. The van der Waals surface area contributed by atoms with Crippen molar-refractivity contribution in [3.05, 3.63) is 0 Å². The maximum atomic E-state index is 11.9. The van der Waals surface area contributed by atoms with Crippen LogP contribution in [0.5, 0.6) is 0 Å². The molecule has 2 N–H and O–H groups in total. The highest BCUT2D eigenvalue weighted by molar-refractivity contribution is 5.83. The van der Waals surface area contributed by atoms with Crippen molar-refractivity contribution in [2.24, 2.45) is 0 Å². The highest BCUT2D eigenvalue weighted by Crippen LogP contribution is 2.04. The fraction of sp³-hybridized carbons (Fsp3) is 0.833. The molecule has 1 rings (SSSR count). The van der Waals surface area contributed by atoms with Crippen LogP contribution >= 0.6 is 0 Å². The van der Waals surface area contributed by atoms with Gasteiger partial charge in [-0.15, -0.1) is 0 Å². The number of piperazine rings is 1. The van der Waals surface area contributed by atoms with Gasteiger partial charge in [0.05, 0.1) is 12.6 Å². The Balaban J connectivity index is 2.54. The fourth-order valence-corrected chi connectivity index (χ4v) is 1.95. The average Bonchev–Trinajstić information content (AvgIpc) is 2.28. The zero-order chi connectivity index (χ0) is 13.5. The standard InChI is InChI=1S/C12H23N3O3/c1-4-14-12(17)10-7-13-5-6-15(10)8-11(16)18-9(2)3/h9-10,13H,4-8H2,1-3H3,(H,14,17).